The van der Waals surface area contributed by atoms with Crippen LogP contribution in [0.2, 0.25) is 0 Å². The van der Waals surface area contributed by atoms with Gasteiger partial charge in [0.15, 0.2) is 0 Å². The van der Waals surface area contributed by atoms with Gasteiger partial charge in [0, 0.05) is 6.54 Å². The summed E-state index contributed by atoms with van der Waals surface area (Å²) in [6.45, 7) is 5.82. The summed E-state index contributed by atoms with van der Waals surface area (Å²) in [6, 6.07) is 0. The van der Waals surface area contributed by atoms with Crippen molar-refractivity contribution < 1.29 is 9.53 Å². The van der Waals surface area contributed by atoms with Gasteiger partial charge in [-0.15, -0.1) is 0 Å². The Morgan fingerprint density at radius 1 is 1.67 bits per heavy atom. The quantitative estimate of drug-likeness (QED) is 0.332. The summed E-state index contributed by atoms with van der Waals surface area (Å²) in [4.78, 5) is 9.59. The molecule has 0 bridgehead atoms. The Labute approximate surface area is 55.4 Å². The van der Waals surface area contributed by atoms with Gasteiger partial charge in [-0.2, -0.15) is 0 Å². The molecule has 1 N–H and O–H groups in total. The van der Waals surface area contributed by atoms with Crippen molar-refractivity contribution in [3.8, 4) is 0 Å². The summed E-state index contributed by atoms with van der Waals surface area (Å²) in [5, 5.41) is 2.93. The minimum atomic E-state index is 0.321. The third-order valence-corrected chi connectivity index (χ3v) is 0.806. The molecule has 0 aliphatic carbocycles. The fourth-order valence-corrected chi connectivity index (χ4v) is 0.441. The maximum absolute atomic E-state index is 9.59. The average molecular weight is 131 g/mol. The largest absolute Gasteiger partial charge is 0.452 e. The van der Waals surface area contributed by atoms with E-state index in [9.17, 15) is 4.79 Å². The molecule has 0 rings (SSSR count). The summed E-state index contributed by atoms with van der Waals surface area (Å²) in [5.74, 6) is 0.597. The number of carbonyl (C=O) groups is 1. The predicted octanol–water partition coefficient (Wildman–Crippen LogP) is 0.362. The van der Waals surface area contributed by atoms with Crippen LogP contribution < -0.4 is 5.32 Å². The van der Waals surface area contributed by atoms with Crippen LogP contribution in [0.3, 0.4) is 0 Å². The fraction of sp³-hybridized carbons (Fsp3) is 0.833. The molecule has 0 aromatic rings. The van der Waals surface area contributed by atoms with Crippen molar-refractivity contribution in [1.82, 2.24) is 5.32 Å². The Morgan fingerprint density at radius 3 is 2.78 bits per heavy atom. The van der Waals surface area contributed by atoms with Crippen LogP contribution in [-0.2, 0) is 9.53 Å². The van der Waals surface area contributed by atoms with E-state index in [1.54, 1.807) is 0 Å². The van der Waals surface area contributed by atoms with E-state index in [2.05, 4.69) is 23.9 Å². The van der Waals surface area contributed by atoms with E-state index >= 15 is 0 Å². The number of hydrogen-bond donors (Lipinski definition) is 1. The molecule has 0 saturated carbocycles. The van der Waals surface area contributed by atoms with Crippen LogP contribution in [0, 0.1) is 5.92 Å². The van der Waals surface area contributed by atoms with Crippen LogP contribution in [0.1, 0.15) is 13.8 Å². The Kier molecular flexibility index (Phi) is 5.21. The van der Waals surface area contributed by atoms with Gasteiger partial charge in [0.25, 0.3) is 6.47 Å². The SMILES string of the molecule is CC(C)CNCOC=O. The van der Waals surface area contributed by atoms with E-state index in [1.807, 2.05) is 0 Å². The summed E-state index contributed by atoms with van der Waals surface area (Å²) in [6.07, 6.45) is 0. The average Bonchev–Trinajstić information content (AvgIpc) is 1.80. The number of rotatable bonds is 5. The molecule has 0 unspecified atom stereocenters. The molecule has 0 atom stereocenters. The normalized spacial score (nSPS) is 9.67. The lowest BCUT2D eigenvalue weighted by Crippen LogP contribution is -2.22. The van der Waals surface area contributed by atoms with Crippen LogP contribution in [-0.4, -0.2) is 19.7 Å². The zero-order chi connectivity index (χ0) is 7.11. The number of carbonyl (C=O) groups excluding carboxylic acids is 1. The lowest BCUT2D eigenvalue weighted by atomic mass is 10.2. The molecule has 0 spiro atoms. The molecule has 3 heteroatoms. The van der Waals surface area contributed by atoms with E-state index in [0.717, 1.165) is 6.54 Å². The van der Waals surface area contributed by atoms with Crippen molar-refractivity contribution in [3.63, 3.8) is 0 Å². The lowest BCUT2D eigenvalue weighted by molar-refractivity contribution is -0.129. The molecule has 0 aromatic carbocycles. The Balaban J connectivity index is 2.82. The first-order chi connectivity index (χ1) is 4.27. The molecule has 0 aliphatic rings. The van der Waals surface area contributed by atoms with Crippen molar-refractivity contribution in [2.24, 2.45) is 5.92 Å². The van der Waals surface area contributed by atoms with Crippen LogP contribution in [0.4, 0.5) is 0 Å². The molecule has 0 fully saturated rings. The van der Waals surface area contributed by atoms with Gasteiger partial charge in [0.1, 0.15) is 6.73 Å². The lowest BCUT2D eigenvalue weighted by Gasteiger charge is -2.04. The molecule has 54 valence electrons. The van der Waals surface area contributed by atoms with E-state index < -0.39 is 0 Å². The van der Waals surface area contributed by atoms with Crippen LogP contribution in [0.15, 0.2) is 0 Å². The smallest absolute Gasteiger partial charge is 0.294 e. The Bertz CT molecular complexity index is 73.5. The van der Waals surface area contributed by atoms with Gasteiger partial charge >= 0.3 is 0 Å². The van der Waals surface area contributed by atoms with Crippen molar-refractivity contribution in [1.29, 1.82) is 0 Å². The maximum atomic E-state index is 9.59. The molecular formula is C6H13NO2. The summed E-state index contributed by atoms with van der Waals surface area (Å²) in [7, 11) is 0. The van der Waals surface area contributed by atoms with Gasteiger partial charge < -0.3 is 4.74 Å². The van der Waals surface area contributed by atoms with Gasteiger partial charge in [0.2, 0.25) is 0 Å². The second kappa shape index (κ2) is 5.56. The van der Waals surface area contributed by atoms with Crippen LogP contribution >= 0.6 is 0 Å². The highest BCUT2D eigenvalue weighted by Crippen LogP contribution is 1.85. The van der Waals surface area contributed by atoms with Crippen molar-refractivity contribution in [2.45, 2.75) is 13.8 Å². The zero-order valence-corrected chi connectivity index (χ0v) is 5.89. The molecule has 0 saturated heterocycles. The van der Waals surface area contributed by atoms with Crippen LogP contribution in [0.25, 0.3) is 0 Å². The second-order valence-corrected chi connectivity index (χ2v) is 2.26. The fourth-order valence-electron chi connectivity index (χ4n) is 0.441. The highest BCUT2D eigenvalue weighted by molar-refractivity contribution is 5.36. The van der Waals surface area contributed by atoms with E-state index in [-0.39, 0.29) is 0 Å². The third kappa shape index (κ3) is 7.43. The minimum absolute atomic E-state index is 0.321. The first-order valence-corrected chi connectivity index (χ1v) is 3.03. The van der Waals surface area contributed by atoms with Crippen molar-refractivity contribution in [3.05, 3.63) is 0 Å². The number of nitrogens with one attached hydrogen (secondary N) is 1. The number of hydrogen-bond acceptors (Lipinski definition) is 3. The second-order valence-electron chi connectivity index (χ2n) is 2.26. The first kappa shape index (κ1) is 8.43. The molecule has 9 heavy (non-hydrogen) atoms. The maximum Gasteiger partial charge on any atom is 0.294 e. The summed E-state index contributed by atoms with van der Waals surface area (Å²) in [5.41, 5.74) is 0. The Morgan fingerprint density at radius 2 is 2.33 bits per heavy atom. The standard InChI is InChI=1S/C6H13NO2/c1-6(2)3-7-4-9-5-8/h5-7H,3-4H2,1-2H3. The molecule has 0 aromatic heterocycles. The highest BCUT2D eigenvalue weighted by Gasteiger charge is 1.89. The molecule has 0 amide bonds. The summed E-state index contributed by atoms with van der Waals surface area (Å²) >= 11 is 0. The highest BCUT2D eigenvalue weighted by atomic mass is 16.5. The monoisotopic (exact) mass is 131 g/mol. The topological polar surface area (TPSA) is 38.3 Å². The van der Waals surface area contributed by atoms with Crippen molar-refractivity contribution >= 4 is 6.47 Å². The Hall–Kier alpha value is -0.570. The van der Waals surface area contributed by atoms with E-state index in [4.69, 9.17) is 0 Å². The molecule has 0 aliphatic heterocycles. The van der Waals surface area contributed by atoms with E-state index in [1.165, 1.54) is 0 Å². The molecule has 0 radical (unpaired) electrons. The minimum Gasteiger partial charge on any atom is -0.452 e. The summed E-state index contributed by atoms with van der Waals surface area (Å²) < 4.78 is 4.39. The predicted molar refractivity (Wildman–Crippen MR) is 34.9 cm³/mol. The van der Waals surface area contributed by atoms with Gasteiger partial charge in [-0.3, -0.25) is 10.1 Å². The van der Waals surface area contributed by atoms with Gasteiger partial charge in [-0.25, -0.2) is 0 Å². The molecule has 3 nitrogen and oxygen atoms in total. The van der Waals surface area contributed by atoms with E-state index in [0.29, 0.717) is 19.1 Å². The van der Waals surface area contributed by atoms with Gasteiger partial charge in [0.05, 0.1) is 0 Å². The van der Waals surface area contributed by atoms with Crippen molar-refractivity contribution in [2.75, 3.05) is 13.3 Å². The van der Waals surface area contributed by atoms with Gasteiger partial charge in [-0.05, 0) is 5.92 Å². The molecule has 0 heterocycles. The number of ether oxygens (including phenoxy) is 1. The zero-order valence-electron chi connectivity index (χ0n) is 5.89. The first-order valence-electron chi connectivity index (χ1n) is 3.03. The van der Waals surface area contributed by atoms with Gasteiger partial charge in [-0.1, -0.05) is 13.8 Å². The third-order valence-electron chi connectivity index (χ3n) is 0.806. The van der Waals surface area contributed by atoms with Crippen LogP contribution in [0.5, 0.6) is 0 Å². The molecular weight excluding hydrogens is 118 g/mol.